The van der Waals surface area contributed by atoms with Crippen LogP contribution in [0, 0.1) is 6.92 Å². The van der Waals surface area contributed by atoms with E-state index in [4.69, 9.17) is 4.74 Å². The smallest absolute Gasteiger partial charge is 0.377 e. The zero-order chi connectivity index (χ0) is 23.8. The minimum atomic E-state index is -4.75. The molecule has 0 fully saturated rings. The number of urea groups is 1. The van der Waals surface area contributed by atoms with E-state index in [0.717, 1.165) is 17.1 Å². The van der Waals surface area contributed by atoms with Crippen molar-refractivity contribution in [2.75, 3.05) is 17.7 Å². The first kappa shape index (κ1) is 22.1. The SMILES string of the molecule is COC(C)c1c(NC(=O)Nc2cnc(-n3nccn3)c(C(F)(F)F)c2)cnn2cc(C)nc12. The molecule has 1 unspecified atom stereocenters. The molecule has 2 N–H and O–H groups in total. The Bertz CT molecular complexity index is 1300. The van der Waals surface area contributed by atoms with E-state index >= 15 is 0 Å². The van der Waals surface area contributed by atoms with E-state index < -0.39 is 29.7 Å². The highest BCUT2D eigenvalue weighted by molar-refractivity contribution is 6.00. The summed E-state index contributed by atoms with van der Waals surface area (Å²) in [6, 6.07) is -0.0440. The van der Waals surface area contributed by atoms with E-state index in [0.29, 0.717) is 22.6 Å². The molecule has 0 aliphatic heterocycles. The van der Waals surface area contributed by atoms with Crippen molar-refractivity contribution in [2.45, 2.75) is 26.1 Å². The number of alkyl halides is 3. The van der Waals surface area contributed by atoms with Gasteiger partial charge in [0.25, 0.3) is 0 Å². The van der Waals surface area contributed by atoms with Crippen molar-refractivity contribution in [3.8, 4) is 5.82 Å². The summed E-state index contributed by atoms with van der Waals surface area (Å²) in [6.07, 6.45) is 1.45. The van der Waals surface area contributed by atoms with Crippen molar-refractivity contribution < 1.29 is 22.7 Å². The van der Waals surface area contributed by atoms with Crippen LogP contribution >= 0.6 is 0 Å². The van der Waals surface area contributed by atoms with Gasteiger partial charge in [-0.25, -0.2) is 19.3 Å². The minimum absolute atomic E-state index is 0.178. The number of nitrogens with zero attached hydrogens (tertiary/aromatic N) is 7. The van der Waals surface area contributed by atoms with E-state index in [1.165, 1.54) is 25.7 Å². The molecular formula is C19H18F3N9O2. The fourth-order valence-electron chi connectivity index (χ4n) is 3.19. The van der Waals surface area contributed by atoms with Crippen LogP contribution in [0.15, 0.2) is 37.1 Å². The molecule has 0 saturated carbocycles. The second-order valence-corrected chi connectivity index (χ2v) is 6.99. The van der Waals surface area contributed by atoms with Gasteiger partial charge in [0.15, 0.2) is 11.5 Å². The average molecular weight is 461 g/mol. The number of hydrogen-bond donors (Lipinski definition) is 2. The predicted octanol–water partition coefficient (Wildman–Crippen LogP) is 3.38. The number of carbonyl (C=O) groups is 1. The molecule has 0 aromatic carbocycles. The van der Waals surface area contributed by atoms with Crippen LogP contribution in [0.5, 0.6) is 0 Å². The summed E-state index contributed by atoms with van der Waals surface area (Å²) >= 11 is 0. The molecule has 0 radical (unpaired) electrons. The average Bonchev–Trinajstić information content (AvgIpc) is 3.41. The molecule has 0 aliphatic carbocycles. The number of methoxy groups -OCH3 is 1. The van der Waals surface area contributed by atoms with Gasteiger partial charge in [-0.05, 0) is 19.9 Å². The maximum Gasteiger partial charge on any atom is 0.420 e. The number of aromatic nitrogens is 7. The summed E-state index contributed by atoms with van der Waals surface area (Å²) in [5.41, 5.74) is 0.762. The van der Waals surface area contributed by atoms with Crippen LogP contribution in [0.3, 0.4) is 0 Å². The van der Waals surface area contributed by atoms with E-state index in [1.54, 1.807) is 24.6 Å². The van der Waals surface area contributed by atoms with Crippen molar-refractivity contribution in [3.05, 3.63) is 53.9 Å². The number of nitrogens with one attached hydrogen (secondary N) is 2. The number of imidazole rings is 1. The molecule has 11 nitrogen and oxygen atoms in total. The molecule has 0 aliphatic rings. The second-order valence-electron chi connectivity index (χ2n) is 6.99. The molecule has 33 heavy (non-hydrogen) atoms. The molecule has 4 aromatic rings. The molecule has 14 heteroatoms. The van der Waals surface area contributed by atoms with Crippen molar-refractivity contribution in [1.82, 2.24) is 34.6 Å². The number of amides is 2. The van der Waals surface area contributed by atoms with Crippen LogP contribution in [0.1, 0.15) is 29.8 Å². The standard InChI is InChI=1S/C19H18F3N9O2/c1-10-9-30-17(27-10)15(11(2)33-3)14(8-26-30)29-18(32)28-12-6-13(19(20,21)22)16(23-7-12)31-24-4-5-25-31/h4-9,11H,1-3H3,(H2,28,29,32). The second kappa shape index (κ2) is 8.46. The highest BCUT2D eigenvalue weighted by Gasteiger charge is 2.36. The third-order valence-corrected chi connectivity index (χ3v) is 4.70. The van der Waals surface area contributed by atoms with Gasteiger partial charge >= 0.3 is 12.2 Å². The topological polar surface area (TPSA) is 124 Å². The quantitative estimate of drug-likeness (QED) is 0.467. The molecule has 4 aromatic heterocycles. The van der Waals surface area contributed by atoms with E-state index in [9.17, 15) is 18.0 Å². The van der Waals surface area contributed by atoms with E-state index in [2.05, 4.69) is 35.9 Å². The first-order valence-corrected chi connectivity index (χ1v) is 9.57. The van der Waals surface area contributed by atoms with Crippen LogP contribution < -0.4 is 10.6 Å². The number of anilines is 2. The Morgan fingerprint density at radius 3 is 2.55 bits per heavy atom. The number of halogens is 3. The summed E-state index contributed by atoms with van der Waals surface area (Å²) in [6.45, 7) is 3.56. The molecule has 4 rings (SSSR count). The van der Waals surface area contributed by atoms with Gasteiger partial charge in [-0.1, -0.05) is 0 Å². The molecule has 1 atom stereocenters. The zero-order valence-corrected chi connectivity index (χ0v) is 17.6. The molecule has 0 spiro atoms. The number of pyridine rings is 1. The molecule has 0 bridgehead atoms. The summed E-state index contributed by atoms with van der Waals surface area (Å²) in [5, 5.41) is 16.5. The molecular weight excluding hydrogens is 443 g/mol. The zero-order valence-electron chi connectivity index (χ0n) is 17.6. The maximum atomic E-state index is 13.6. The highest BCUT2D eigenvalue weighted by Crippen LogP contribution is 2.34. The van der Waals surface area contributed by atoms with Crippen molar-refractivity contribution in [1.29, 1.82) is 0 Å². The van der Waals surface area contributed by atoms with Crippen molar-refractivity contribution >= 4 is 23.1 Å². The van der Waals surface area contributed by atoms with Gasteiger partial charge in [0.1, 0.15) is 5.56 Å². The summed E-state index contributed by atoms with van der Waals surface area (Å²) in [7, 11) is 1.50. The Morgan fingerprint density at radius 2 is 1.88 bits per heavy atom. The summed E-state index contributed by atoms with van der Waals surface area (Å²) in [4.78, 5) is 21.5. The normalized spacial score (nSPS) is 12.7. The fourth-order valence-corrected chi connectivity index (χ4v) is 3.19. The maximum absolute atomic E-state index is 13.6. The lowest BCUT2D eigenvalue weighted by molar-refractivity contribution is -0.137. The highest BCUT2D eigenvalue weighted by atomic mass is 19.4. The largest absolute Gasteiger partial charge is 0.420 e. The lowest BCUT2D eigenvalue weighted by atomic mass is 10.1. The van der Waals surface area contributed by atoms with Crippen molar-refractivity contribution in [2.24, 2.45) is 0 Å². The molecule has 2 amide bonds. The Balaban J connectivity index is 1.63. The Labute approximate surface area is 184 Å². The van der Waals surface area contributed by atoms with Crippen LogP contribution in [0.4, 0.5) is 29.3 Å². The van der Waals surface area contributed by atoms with Crippen LogP contribution in [-0.4, -0.2) is 47.7 Å². The predicted molar refractivity (Wildman–Crippen MR) is 110 cm³/mol. The fraction of sp³-hybridized carbons (Fsp3) is 0.263. The van der Waals surface area contributed by atoms with Crippen LogP contribution in [0.25, 0.3) is 11.5 Å². The minimum Gasteiger partial charge on any atom is -0.377 e. The number of aryl methyl sites for hydroxylation is 1. The van der Waals surface area contributed by atoms with Crippen molar-refractivity contribution in [3.63, 3.8) is 0 Å². The van der Waals surface area contributed by atoms with Gasteiger partial charge in [0.2, 0.25) is 0 Å². The first-order valence-electron chi connectivity index (χ1n) is 9.57. The van der Waals surface area contributed by atoms with E-state index in [1.807, 2.05) is 0 Å². The van der Waals surface area contributed by atoms with Crippen LogP contribution in [0.2, 0.25) is 0 Å². The Morgan fingerprint density at radius 1 is 1.15 bits per heavy atom. The van der Waals surface area contributed by atoms with Gasteiger partial charge in [-0.2, -0.15) is 28.5 Å². The summed E-state index contributed by atoms with van der Waals surface area (Å²) < 4.78 is 47.6. The first-order chi connectivity index (χ1) is 15.7. The molecule has 172 valence electrons. The van der Waals surface area contributed by atoms with Gasteiger partial charge in [0, 0.05) is 7.11 Å². The third-order valence-electron chi connectivity index (χ3n) is 4.70. The Hall–Kier alpha value is -4.07. The monoisotopic (exact) mass is 461 g/mol. The van der Waals surface area contributed by atoms with E-state index in [-0.39, 0.29) is 5.69 Å². The third kappa shape index (κ3) is 4.45. The van der Waals surface area contributed by atoms with Gasteiger partial charge in [-0.15, -0.1) is 4.80 Å². The number of fused-ring (bicyclic) bond motifs is 1. The van der Waals surface area contributed by atoms with Gasteiger partial charge < -0.3 is 15.4 Å². The Kier molecular flexibility index (Phi) is 5.68. The number of carbonyl (C=O) groups excluding carboxylic acids is 1. The lowest BCUT2D eigenvalue weighted by Gasteiger charge is -2.17. The van der Waals surface area contributed by atoms with Gasteiger partial charge in [-0.3, -0.25) is 0 Å². The summed E-state index contributed by atoms with van der Waals surface area (Å²) in [5.74, 6) is -0.515. The molecule has 0 saturated heterocycles. The lowest BCUT2D eigenvalue weighted by Crippen LogP contribution is -2.22. The number of ether oxygens (including phenoxy) is 1. The van der Waals surface area contributed by atoms with Gasteiger partial charge in [0.05, 0.1) is 59.7 Å². The molecule has 4 heterocycles. The number of rotatable bonds is 5. The van der Waals surface area contributed by atoms with Crippen LogP contribution in [-0.2, 0) is 10.9 Å². The number of hydrogen-bond acceptors (Lipinski definition) is 7.